The number of aliphatic hydroxyl groups is 1. The van der Waals surface area contributed by atoms with Gasteiger partial charge < -0.3 is 10.8 Å². The molecule has 3 N–H and O–H groups in total. The lowest BCUT2D eigenvalue weighted by Gasteiger charge is -2.15. The van der Waals surface area contributed by atoms with E-state index in [9.17, 15) is 9.50 Å². The fourth-order valence-electron chi connectivity index (χ4n) is 1.16. The first-order valence-corrected chi connectivity index (χ1v) is 4.22. The van der Waals surface area contributed by atoms with E-state index in [2.05, 4.69) is 0 Å². The van der Waals surface area contributed by atoms with Crippen molar-refractivity contribution in [3.8, 4) is 0 Å². The Hall–Kier alpha value is -0.930. The van der Waals surface area contributed by atoms with Gasteiger partial charge in [0.15, 0.2) is 0 Å². The molecule has 13 heavy (non-hydrogen) atoms. The largest absolute Gasteiger partial charge is 0.387 e. The van der Waals surface area contributed by atoms with E-state index in [0.29, 0.717) is 11.1 Å². The second-order valence-electron chi connectivity index (χ2n) is 3.31. The molecule has 0 aromatic heterocycles. The van der Waals surface area contributed by atoms with Crippen molar-refractivity contribution in [1.82, 2.24) is 0 Å². The minimum Gasteiger partial charge on any atom is -0.387 e. The van der Waals surface area contributed by atoms with Gasteiger partial charge in [-0.25, -0.2) is 4.39 Å². The Bertz CT molecular complexity index is 299. The number of aryl methyl sites for hydroxylation is 1. The van der Waals surface area contributed by atoms with Gasteiger partial charge in [0.05, 0.1) is 6.10 Å². The van der Waals surface area contributed by atoms with E-state index in [1.807, 2.05) is 0 Å². The Kier molecular flexibility index (Phi) is 3.01. The highest BCUT2D eigenvalue weighted by Gasteiger charge is 2.12. The van der Waals surface area contributed by atoms with E-state index >= 15 is 0 Å². The first-order valence-electron chi connectivity index (χ1n) is 4.22. The minimum atomic E-state index is -0.723. The molecule has 0 aliphatic carbocycles. The summed E-state index contributed by atoms with van der Waals surface area (Å²) >= 11 is 0. The summed E-state index contributed by atoms with van der Waals surface area (Å²) in [6.45, 7) is 3.37. The Balaban J connectivity index is 2.97. The Morgan fingerprint density at radius 2 is 2.08 bits per heavy atom. The molecule has 0 bridgehead atoms. The van der Waals surface area contributed by atoms with Gasteiger partial charge in [0, 0.05) is 6.04 Å². The number of halogens is 1. The van der Waals surface area contributed by atoms with Crippen molar-refractivity contribution in [2.75, 3.05) is 0 Å². The molecule has 0 saturated carbocycles. The molecule has 72 valence electrons. The van der Waals surface area contributed by atoms with Gasteiger partial charge in [0.1, 0.15) is 5.82 Å². The minimum absolute atomic E-state index is 0.263. The Morgan fingerprint density at radius 3 is 2.54 bits per heavy atom. The molecule has 1 rings (SSSR count). The standard InChI is InChI=1S/C10H14FNO/c1-6-5-8(3-4-9(6)11)10(13)7(2)12/h3-5,7,10,13H,12H2,1-2H3/t7-,10-/m1/s1. The predicted octanol–water partition coefficient (Wildman–Crippen LogP) is 1.51. The second-order valence-corrected chi connectivity index (χ2v) is 3.31. The first kappa shape index (κ1) is 10.2. The number of hydrogen-bond donors (Lipinski definition) is 2. The highest BCUT2D eigenvalue weighted by atomic mass is 19.1. The summed E-state index contributed by atoms with van der Waals surface area (Å²) < 4.78 is 12.9. The molecule has 0 aliphatic rings. The molecule has 0 unspecified atom stereocenters. The molecule has 2 nitrogen and oxygen atoms in total. The summed E-state index contributed by atoms with van der Waals surface area (Å²) in [6.07, 6.45) is -0.723. The molecule has 0 saturated heterocycles. The molecular formula is C10H14FNO. The number of hydrogen-bond acceptors (Lipinski definition) is 2. The van der Waals surface area contributed by atoms with Crippen LogP contribution in [0, 0.1) is 12.7 Å². The molecule has 0 aliphatic heterocycles. The van der Waals surface area contributed by atoms with E-state index in [-0.39, 0.29) is 11.9 Å². The van der Waals surface area contributed by atoms with Crippen molar-refractivity contribution < 1.29 is 9.50 Å². The van der Waals surface area contributed by atoms with Gasteiger partial charge >= 0.3 is 0 Å². The molecule has 0 spiro atoms. The predicted molar refractivity (Wildman–Crippen MR) is 49.7 cm³/mol. The SMILES string of the molecule is Cc1cc([C@H](O)[C@@H](C)N)ccc1F. The zero-order chi connectivity index (χ0) is 10.0. The van der Waals surface area contributed by atoms with Crippen LogP contribution in [0.15, 0.2) is 18.2 Å². The molecule has 2 atom stereocenters. The maximum absolute atomic E-state index is 12.9. The molecule has 3 heteroatoms. The zero-order valence-electron chi connectivity index (χ0n) is 7.79. The average molecular weight is 183 g/mol. The third-order valence-electron chi connectivity index (χ3n) is 2.02. The number of benzene rings is 1. The van der Waals surface area contributed by atoms with Gasteiger partial charge in [-0.3, -0.25) is 0 Å². The second kappa shape index (κ2) is 3.85. The maximum atomic E-state index is 12.9. The topological polar surface area (TPSA) is 46.2 Å². The molecule has 0 amide bonds. The van der Waals surface area contributed by atoms with Crippen LogP contribution in [-0.2, 0) is 0 Å². The summed E-state index contributed by atoms with van der Waals surface area (Å²) in [5, 5.41) is 9.57. The fraction of sp³-hybridized carbons (Fsp3) is 0.400. The van der Waals surface area contributed by atoms with Crippen molar-refractivity contribution in [2.45, 2.75) is 26.0 Å². The number of rotatable bonds is 2. The number of nitrogens with two attached hydrogens (primary N) is 1. The van der Waals surface area contributed by atoms with Crippen molar-refractivity contribution in [3.05, 3.63) is 35.1 Å². The van der Waals surface area contributed by atoms with Crippen molar-refractivity contribution >= 4 is 0 Å². The molecule has 0 fully saturated rings. The summed E-state index contributed by atoms with van der Waals surface area (Å²) in [7, 11) is 0. The van der Waals surface area contributed by atoms with Gasteiger partial charge in [-0.2, -0.15) is 0 Å². The van der Waals surface area contributed by atoms with Gasteiger partial charge in [-0.1, -0.05) is 12.1 Å². The fourth-order valence-corrected chi connectivity index (χ4v) is 1.16. The summed E-state index contributed by atoms with van der Waals surface area (Å²) in [4.78, 5) is 0. The van der Waals surface area contributed by atoms with Gasteiger partial charge in [-0.15, -0.1) is 0 Å². The summed E-state index contributed by atoms with van der Waals surface area (Å²) in [5.74, 6) is -0.263. The summed E-state index contributed by atoms with van der Waals surface area (Å²) in [6, 6.07) is 4.17. The van der Waals surface area contributed by atoms with Crippen molar-refractivity contribution in [2.24, 2.45) is 5.73 Å². The van der Waals surface area contributed by atoms with Crippen molar-refractivity contribution in [1.29, 1.82) is 0 Å². The van der Waals surface area contributed by atoms with Crippen LogP contribution in [-0.4, -0.2) is 11.1 Å². The van der Waals surface area contributed by atoms with Crippen LogP contribution in [0.2, 0.25) is 0 Å². The van der Waals surface area contributed by atoms with E-state index in [1.54, 1.807) is 26.0 Å². The third kappa shape index (κ3) is 2.26. The lowest BCUT2D eigenvalue weighted by molar-refractivity contribution is 0.153. The normalized spacial score (nSPS) is 15.5. The summed E-state index contributed by atoms with van der Waals surface area (Å²) in [5.41, 5.74) is 6.70. The van der Waals surface area contributed by atoms with E-state index in [0.717, 1.165) is 0 Å². The van der Waals surface area contributed by atoms with Crippen LogP contribution in [0.25, 0.3) is 0 Å². The maximum Gasteiger partial charge on any atom is 0.126 e. The number of aliphatic hydroxyl groups excluding tert-OH is 1. The van der Waals surface area contributed by atoms with Gasteiger partial charge in [0.2, 0.25) is 0 Å². The van der Waals surface area contributed by atoms with Crippen LogP contribution in [0.3, 0.4) is 0 Å². The van der Waals surface area contributed by atoms with E-state index in [4.69, 9.17) is 5.73 Å². The smallest absolute Gasteiger partial charge is 0.126 e. The first-order chi connectivity index (χ1) is 6.02. The zero-order valence-corrected chi connectivity index (χ0v) is 7.79. The van der Waals surface area contributed by atoms with Crippen LogP contribution in [0.5, 0.6) is 0 Å². The van der Waals surface area contributed by atoms with Gasteiger partial charge in [-0.05, 0) is 31.0 Å². The Morgan fingerprint density at radius 1 is 1.46 bits per heavy atom. The van der Waals surface area contributed by atoms with Crippen LogP contribution in [0.4, 0.5) is 4.39 Å². The molecule has 0 heterocycles. The van der Waals surface area contributed by atoms with Crippen LogP contribution < -0.4 is 5.73 Å². The van der Waals surface area contributed by atoms with E-state index in [1.165, 1.54) is 6.07 Å². The molecular weight excluding hydrogens is 169 g/mol. The molecule has 1 aromatic carbocycles. The Labute approximate surface area is 77.2 Å². The monoisotopic (exact) mass is 183 g/mol. The highest BCUT2D eigenvalue weighted by Crippen LogP contribution is 2.18. The van der Waals surface area contributed by atoms with Crippen LogP contribution in [0.1, 0.15) is 24.2 Å². The third-order valence-corrected chi connectivity index (χ3v) is 2.02. The lowest BCUT2D eigenvalue weighted by atomic mass is 10.0. The quantitative estimate of drug-likeness (QED) is 0.730. The highest BCUT2D eigenvalue weighted by molar-refractivity contribution is 5.26. The van der Waals surface area contributed by atoms with Gasteiger partial charge in [0.25, 0.3) is 0 Å². The van der Waals surface area contributed by atoms with Crippen molar-refractivity contribution in [3.63, 3.8) is 0 Å². The van der Waals surface area contributed by atoms with E-state index < -0.39 is 6.10 Å². The average Bonchev–Trinajstić information content (AvgIpc) is 2.08. The molecule has 0 radical (unpaired) electrons. The lowest BCUT2D eigenvalue weighted by Crippen LogP contribution is -2.24. The van der Waals surface area contributed by atoms with Crippen LogP contribution >= 0.6 is 0 Å². The molecule has 1 aromatic rings.